The molecule has 0 fully saturated rings. The Balaban J connectivity index is 2.96. The molecule has 0 saturated carbocycles. The highest BCUT2D eigenvalue weighted by Gasteiger charge is 2.20. The average Bonchev–Trinajstić information content (AvgIpc) is 2.28. The predicted molar refractivity (Wildman–Crippen MR) is 62.6 cm³/mol. The zero-order chi connectivity index (χ0) is 12.1. The van der Waals surface area contributed by atoms with Crippen LogP contribution in [0.15, 0.2) is 18.2 Å². The number of aliphatic hydroxyl groups excluding tert-OH is 2. The largest absolute Gasteiger partial charge is 0.496 e. The first-order valence-corrected chi connectivity index (χ1v) is 5.36. The molecule has 0 amide bonds. The van der Waals surface area contributed by atoms with E-state index in [2.05, 4.69) is 0 Å². The normalized spacial score (nSPS) is 14.6. The van der Waals surface area contributed by atoms with Gasteiger partial charge in [-0.2, -0.15) is 0 Å². The molecule has 5 heteroatoms. The summed E-state index contributed by atoms with van der Waals surface area (Å²) in [5.41, 5.74) is 6.26. The quantitative estimate of drug-likeness (QED) is 0.726. The molecule has 4 N–H and O–H groups in total. The van der Waals surface area contributed by atoms with Crippen molar-refractivity contribution in [1.82, 2.24) is 0 Å². The summed E-state index contributed by atoms with van der Waals surface area (Å²) in [6, 6.07) is 4.42. The second-order valence-electron chi connectivity index (χ2n) is 3.51. The topological polar surface area (TPSA) is 75.7 Å². The van der Waals surface area contributed by atoms with Crippen molar-refractivity contribution in [3.63, 3.8) is 0 Å². The van der Waals surface area contributed by atoms with Gasteiger partial charge in [-0.1, -0.05) is 11.6 Å². The van der Waals surface area contributed by atoms with Crippen LogP contribution in [-0.2, 0) is 0 Å². The van der Waals surface area contributed by atoms with E-state index in [4.69, 9.17) is 27.2 Å². The zero-order valence-electron chi connectivity index (χ0n) is 9.06. The van der Waals surface area contributed by atoms with Gasteiger partial charge in [-0.05, 0) is 24.6 Å². The number of hydrogen-bond acceptors (Lipinski definition) is 4. The van der Waals surface area contributed by atoms with E-state index in [1.54, 1.807) is 18.2 Å². The van der Waals surface area contributed by atoms with Crippen molar-refractivity contribution >= 4 is 11.6 Å². The molecule has 1 aromatic rings. The molecule has 0 aliphatic heterocycles. The van der Waals surface area contributed by atoms with Gasteiger partial charge in [-0.15, -0.1) is 0 Å². The molecule has 2 atom stereocenters. The van der Waals surface area contributed by atoms with Gasteiger partial charge in [0.1, 0.15) is 5.75 Å². The molecule has 1 aromatic carbocycles. The Morgan fingerprint density at radius 1 is 1.50 bits per heavy atom. The molecular formula is C11H16ClNO3. The summed E-state index contributed by atoms with van der Waals surface area (Å²) in [5, 5.41) is 19.3. The zero-order valence-corrected chi connectivity index (χ0v) is 9.81. The molecule has 0 aromatic heterocycles. The first-order valence-electron chi connectivity index (χ1n) is 4.98. The summed E-state index contributed by atoms with van der Waals surface area (Å²) >= 11 is 5.84. The van der Waals surface area contributed by atoms with Crippen molar-refractivity contribution in [3.8, 4) is 5.75 Å². The highest BCUT2D eigenvalue weighted by atomic mass is 35.5. The highest BCUT2D eigenvalue weighted by Crippen LogP contribution is 2.30. The van der Waals surface area contributed by atoms with Crippen LogP contribution in [0.1, 0.15) is 18.1 Å². The summed E-state index contributed by atoms with van der Waals surface area (Å²) in [4.78, 5) is 0. The SMILES string of the molecule is COc1ccc(Cl)cc1C(O)C(N)CCO. The van der Waals surface area contributed by atoms with Crippen LogP contribution in [0.25, 0.3) is 0 Å². The van der Waals surface area contributed by atoms with Crippen LogP contribution >= 0.6 is 11.6 Å². The van der Waals surface area contributed by atoms with E-state index < -0.39 is 12.1 Å². The standard InChI is InChI=1S/C11H16ClNO3/c1-16-10-3-2-7(12)6-8(10)11(15)9(13)4-5-14/h2-3,6,9,11,14-15H,4-5,13H2,1H3. The third-order valence-corrected chi connectivity index (χ3v) is 2.61. The van der Waals surface area contributed by atoms with Crippen LogP contribution in [0.3, 0.4) is 0 Å². The number of halogens is 1. The molecule has 16 heavy (non-hydrogen) atoms. The Bertz CT molecular complexity index is 346. The van der Waals surface area contributed by atoms with Crippen LogP contribution in [0, 0.1) is 0 Å². The van der Waals surface area contributed by atoms with E-state index in [0.29, 0.717) is 22.8 Å². The first kappa shape index (κ1) is 13.3. The minimum Gasteiger partial charge on any atom is -0.496 e. The monoisotopic (exact) mass is 245 g/mol. The molecule has 0 saturated heterocycles. The van der Waals surface area contributed by atoms with Crippen molar-refractivity contribution in [2.24, 2.45) is 5.73 Å². The average molecular weight is 246 g/mol. The molecule has 0 aliphatic carbocycles. The maximum absolute atomic E-state index is 9.98. The molecule has 0 spiro atoms. The molecule has 0 radical (unpaired) electrons. The van der Waals surface area contributed by atoms with E-state index >= 15 is 0 Å². The van der Waals surface area contributed by atoms with Crippen molar-refractivity contribution < 1.29 is 14.9 Å². The van der Waals surface area contributed by atoms with Crippen LogP contribution in [0.5, 0.6) is 5.75 Å². The van der Waals surface area contributed by atoms with Gasteiger partial charge in [-0.3, -0.25) is 0 Å². The fourth-order valence-electron chi connectivity index (χ4n) is 1.47. The number of aliphatic hydroxyl groups is 2. The summed E-state index contributed by atoms with van der Waals surface area (Å²) in [6.07, 6.45) is -0.586. The Morgan fingerprint density at radius 2 is 2.19 bits per heavy atom. The van der Waals surface area contributed by atoms with Gasteiger partial charge in [-0.25, -0.2) is 0 Å². The van der Waals surface area contributed by atoms with Crippen molar-refractivity contribution in [2.75, 3.05) is 13.7 Å². The van der Waals surface area contributed by atoms with E-state index in [1.807, 2.05) is 0 Å². The number of ether oxygens (including phenoxy) is 1. The lowest BCUT2D eigenvalue weighted by Crippen LogP contribution is -2.29. The maximum atomic E-state index is 9.98. The van der Waals surface area contributed by atoms with Crippen LogP contribution < -0.4 is 10.5 Å². The van der Waals surface area contributed by atoms with Crippen molar-refractivity contribution in [2.45, 2.75) is 18.6 Å². The molecular weight excluding hydrogens is 230 g/mol. The van der Waals surface area contributed by atoms with E-state index in [-0.39, 0.29) is 6.61 Å². The lowest BCUT2D eigenvalue weighted by Gasteiger charge is -2.20. The second kappa shape index (κ2) is 6.06. The minimum absolute atomic E-state index is 0.0683. The third kappa shape index (κ3) is 3.09. The smallest absolute Gasteiger partial charge is 0.124 e. The molecule has 2 unspecified atom stereocenters. The van der Waals surface area contributed by atoms with Gasteiger partial charge in [0.05, 0.1) is 13.2 Å². The van der Waals surface area contributed by atoms with E-state index in [0.717, 1.165) is 0 Å². The first-order chi connectivity index (χ1) is 7.60. The number of benzene rings is 1. The summed E-state index contributed by atoms with van der Waals surface area (Å²) < 4.78 is 5.11. The summed E-state index contributed by atoms with van der Waals surface area (Å²) in [6.45, 7) is -0.0683. The predicted octanol–water partition coefficient (Wildman–Crippen LogP) is 1.09. The lowest BCUT2D eigenvalue weighted by molar-refractivity contribution is 0.126. The Kier molecular flexibility index (Phi) is 5.02. The van der Waals surface area contributed by atoms with Crippen molar-refractivity contribution in [1.29, 1.82) is 0 Å². The Hall–Kier alpha value is -0.810. The molecule has 0 bridgehead atoms. The van der Waals surface area contributed by atoms with Gasteiger partial charge in [0.15, 0.2) is 0 Å². The van der Waals surface area contributed by atoms with Crippen molar-refractivity contribution in [3.05, 3.63) is 28.8 Å². The molecule has 1 rings (SSSR count). The maximum Gasteiger partial charge on any atom is 0.124 e. The molecule has 4 nitrogen and oxygen atoms in total. The highest BCUT2D eigenvalue weighted by molar-refractivity contribution is 6.30. The molecule has 90 valence electrons. The van der Waals surface area contributed by atoms with Gasteiger partial charge in [0.2, 0.25) is 0 Å². The number of methoxy groups -OCH3 is 1. The number of rotatable bonds is 5. The van der Waals surface area contributed by atoms with Crippen LogP contribution in [-0.4, -0.2) is 30.0 Å². The third-order valence-electron chi connectivity index (χ3n) is 2.38. The van der Waals surface area contributed by atoms with Crippen LogP contribution in [0.2, 0.25) is 5.02 Å². The van der Waals surface area contributed by atoms with Crippen LogP contribution in [0.4, 0.5) is 0 Å². The summed E-state index contributed by atoms with van der Waals surface area (Å²) in [5.74, 6) is 0.533. The molecule has 0 heterocycles. The van der Waals surface area contributed by atoms with E-state index in [1.165, 1.54) is 7.11 Å². The van der Waals surface area contributed by atoms with Gasteiger partial charge in [0, 0.05) is 23.2 Å². The fraction of sp³-hybridized carbons (Fsp3) is 0.455. The minimum atomic E-state index is -0.902. The number of nitrogens with two attached hydrogens (primary N) is 1. The van der Waals surface area contributed by atoms with Gasteiger partial charge >= 0.3 is 0 Å². The summed E-state index contributed by atoms with van der Waals surface area (Å²) in [7, 11) is 1.51. The second-order valence-corrected chi connectivity index (χ2v) is 3.94. The fourth-order valence-corrected chi connectivity index (χ4v) is 1.65. The lowest BCUT2D eigenvalue weighted by atomic mass is 10.00. The van der Waals surface area contributed by atoms with Gasteiger partial charge in [0.25, 0.3) is 0 Å². The Labute approximate surface area is 99.6 Å². The van der Waals surface area contributed by atoms with E-state index in [9.17, 15) is 5.11 Å². The Morgan fingerprint density at radius 3 is 2.75 bits per heavy atom. The molecule has 0 aliphatic rings. The van der Waals surface area contributed by atoms with Gasteiger partial charge < -0.3 is 20.7 Å². The number of hydrogen-bond donors (Lipinski definition) is 3.